The number of hydrogen-bond donors (Lipinski definition) is 1. The van der Waals surface area contributed by atoms with Gasteiger partial charge in [-0.1, -0.05) is 34.1 Å². The van der Waals surface area contributed by atoms with Crippen LogP contribution < -0.4 is 9.47 Å². The maximum atomic E-state index is 10.8. The first kappa shape index (κ1) is 19.5. The van der Waals surface area contributed by atoms with Gasteiger partial charge in [-0.15, -0.1) is 0 Å². The van der Waals surface area contributed by atoms with Crippen molar-refractivity contribution in [3.05, 3.63) is 23.8 Å². The van der Waals surface area contributed by atoms with E-state index in [-0.39, 0.29) is 17.4 Å². The third-order valence-corrected chi connectivity index (χ3v) is 7.53. The molecule has 0 saturated heterocycles. The van der Waals surface area contributed by atoms with E-state index < -0.39 is 0 Å². The normalized spacial score (nSPS) is 36.3. The fourth-order valence-corrected chi connectivity index (χ4v) is 5.97. The molecule has 0 aliphatic heterocycles. The molecule has 2 fully saturated rings. The van der Waals surface area contributed by atoms with Crippen molar-refractivity contribution >= 4 is 0 Å². The largest absolute Gasteiger partial charge is 0.497 e. The first-order chi connectivity index (χ1) is 12.2. The Morgan fingerprint density at radius 1 is 1.12 bits per heavy atom. The molecule has 1 aromatic carbocycles. The molecule has 146 valence electrons. The van der Waals surface area contributed by atoms with Crippen molar-refractivity contribution < 1.29 is 14.6 Å². The van der Waals surface area contributed by atoms with Crippen LogP contribution in [0.3, 0.4) is 0 Å². The second-order valence-electron chi connectivity index (χ2n) is 9.67. The highest BCUT2D eigenvalue weighted by molar-refractivity contribution is 5.37. The Morgan fingerprint density at radius 3 is 2.50 bits per heavy atom. The van der Waals surface area contributed by atoms with Crippen LogP contribution in [0.2, 0.25) is 0 Å². The summed E-state index contributed by atoms with van der Waals surface area (Å²) in [6, 6.07) is 6.04. The van der Waals surface area contributed by atoms with Crippen molar-refractivity contribution in [1.82, 2.24) is 0 Å². The average molecular weight is 361 g/mol. The number of ether oxygens (including phenoxy) is 2. The molecular formula is C23H36O3. The predicted octanol–water partition coefficient (Wildman–Crippen LogP) is 5.23. The number of aryl methyl sites for hydroxylation is 1. The molecule has 0 bridgehead atoms. The lowest BCUT2D eigenvalue weighted by atomic mass is 9.46. The third kappa shape index (κ3) is 3.47. The van der Waals surface area contributed by atoms with E-state index in [4.69, 9.17) is 9.47 Å². The lowest BCUT2D eigenvalue weighted by Gasteiger charge is -2.60. The number of methoxy groups -OCH3 is 1. The van der Waals surface area contributed by atoms with Crippen molar-refractivity contribution in [3.8, 4) is 11.5 Å². The second-order valence-corrected chi connectivity index (χ2v) is 9.67. The Hall–Kier alpha value is -1.22. The van der Waals surface area contributed by atoms with Gasteiger partial charge in [0.1, 0.15) is 11.5 Å². The van der Waals surface area contributed by atoms with E-state index in [1.165, 1.54) is 19.3 Å². The molecule has 26 heavy (non-hydrogen) atoms. The number of aliphatic hydroxyl groups excluding tert-OH is 1. The topological polar surface area (TPSA) is 38.7 Å². The van der Waals surface area contributed by atoms with Gasteiger partial charge in [0, 0.05) is 12.0 Å². The van der Waals surface area contributed by atoms with E-state index in [9.17, 15) is 5.11 Å². The highest BCUT2D eigenvalue weighted by atomic mass is 16.5. The summed E-state index contributed by atoms with van der Waals surface area (Å²) in [5.41, 5.74) is 1.66. The van der Waals surface area contributed by atoms with E-state index in [0.717, 1.165) is 23.5 Å². The van der Waals surface area contributed by atoms with Crippen molar-refractivity contribution in [2.45, 2.75) is 66.4 Å². The van der Waals surface area contributed by atoms with Crippen LogP contribution in [-0.4, -0.2) is 24.9 Å². The van der Waals surface area contributed by atoms with Gasteiger partial charge in [-0.2, -0.15) is 0 Å². The molecule has 0 radical (unpaired) electrons. The summed E-state index contributed by atoms with van der Waals surface area (Å²) >= 11 is 0. The summed E-state index contributed by atoms with van der Waals surface area (Å²) in [7, 11) is 1.69. The number of rotatable bonds is 4. The van der Waals surface area contributed by atoms with Crippen molar-refractivity contribution in [3.63, 3.8) is 0 Å². The van der Waals surface area contributed by atoms with Crippen LogP contribution in [0.15, 0.2) is 18.2 Å². The quantitative estimate of drug-likeness (QED) is 0.799. The van der Waals surface area contributed by atoms with E-state index >= 15 is 0 Å². The molecule has 3 nitrogen and oxygen atoms in total. The van der Waals surface area contributed by atoms with Gasteiger partial charge in [0.25, 0.3) is 0 Å². The molecule has 2 saturated carbocycles. The van der Waals surface area contributed by atoms with Crippen LogP contribution in [0.25, 0.3) is 0 Å². The minimum Gasteiger partial charge on any atom is -0.497 e. The predicted molar refractivity (Wildman–Crippen MR) is 106 cm³/mol. The minimum absolute atomic E-state index is 0.230. The van der Waals surface area contributed by atoms with Crippen LogP contribution in [0.5, 0.6) is 11.5 Å². The molecule has 5 atom stereocenters. The summed E-state index contributed by atoms with van der Waals surface area (Å²) in [5.74, 6) is 2.87. The van der Waals surface area contributed by atoms with Gasteiger partial charge in [0.2, 0.25) is 0 Å². The van der Waals surface area contributed by atoms with Crippen LogP contribution in [0.4, 0.5) is 0 Å². The summed E-state index contributed by atoms with van der Waals surface area (Å²) in [4.78, 5) is 0. The molecule has 3 rings (SSSR count). The van der Waals surface area contributed by atoms with Gasteiger partial charge < -0.3 is 14.6 Å². The van der Waals surface area contributed by atoms with Crippen LogP contribution >= 0.6 is 0 Å². The first-order valence-electron chi connectivity index (χ1n) is 10.1. The van der Waals surface area contributed by atoms with Gasteiger partial charge >= 0.3 is 0 Å². The van der Waals surface area contributed by atoms with E-state index in [2.05, 4.69) is 40.7 Å². The Labute approximate surface area is 159 Å². The maximum absolute atomic E-state index is 10.8. The molecule has 1 N–H and O–H groups in total. The molecule has 0 aromatic heterocycles. The lowest BCUT2D eigenvalue weighted by Crippen LogP contribution is -2.56. The molecule has 1 aromatic rings. The van der Waals surface area contributed by atoms with Gasteiger partial charge in [0.15, 0.2) is 0 Å². The molecule has 3 heteroatoms. The third-order valence-electron chi connectivity index (χ3n) is 7.53. The van der Waals surface area contributed by atoms with Crippen LogP contribution in [-0.2, 0) is 0 Å². The molecule has 2 unspecified atom stereocenters. The highest BCUT2D eigenvalue weighted by Crippen LogP contribution is 2.61. The molecule has 0 spiro atoms. The van der Waals surface area contributed by atoms with Crippen molar-refractivity contribution in [2.75, 3.05) is 13.7 Å². The number of fused-ring (bicyclic) bond motifs is 1. The fraction of sp³-hybridized carbons (Fsp3) is 0.739. The summed E-state index contributed by atoms with van der Waals surface area (Å²) in [6.45, 7) is 12.2. The Bertz CT molecular complexity index is 638. The zero-order valence-corrected chi connectivity index (χ0v) is 17.3. The van der Waals surface area contributed by atoms with Crippen molar-refractivity contribution in [1.29, 1.82) is 0 Å². The summed E-state index contributed by atoms with van der Waals surface area (Å²) < 4.78 is 11.7. The molecule has 0 heterocycles. The number of aliphatic hydroxyl groups is 1. The Balaban J connectivity index is 1.83. The van der Waals surface area contributed by atoms with E-state index in [1.54, 1.807) is 7.11 Å². The monoisotopic (exact) mass is 360 g/mol. The fourth-order valence-electron chi connectivity index (χ4n) is 5.97. The van der Waals surface area contributed by atoms with E-state index in [1.807, 2.05) is 12.1 Å². The van der Waals surface area contributed by atoms with Gasteiger partial charge in [-0.25, -0.2) is 0 Å². The standard InChI is InChI=1S/C23H36O3/c1-15-10-17(25-6)12-18(11-15)26-14-19-16(2)20(24)13-21-22(3,4)8-7-9-23(19,21)5/h10-12,16,19-21,24H,7-9,13-14H2,1-6H3/t16?,19-,20?,21-,23+/m0/s1. The first-order valence-corrected chi connectivity index (χ1v) is 10.1. The van der Waals surface area contributed by atoms with Gasteiger partial charge in [-0.3, -0.25) is 0 Å². The summed E-state index contributed by atoms with van der Waals surface area (Å²) in [5, 5.41) is 10.8. The zero-order valence-electron chi connectivity index (χ0n) is 17.3. The smallest absolute Gasteiger partial charge is 0.123 e. The Morgan fingerprint density at radius 2 is 1.81 bits per heavy atom. The molecule has 2 aliphatic carbocycles. The number of hydrogen-bond acceptors (Lipinski definition) is 3. The molecular weight excluding hydrogens is 324 g/mol. The van der Waals surface area contributed by atoms with Crippen molar-refractivity contribution in [2.24, 2.45) is 28.6 Å². The Kier molecular flexibility index (Phi) is 5.31. The molecule has 2 aliphatic rings. The second kappa shape index (κ2) is 7.07. The SMILES string of the molecule is COc1cc(C)cc(OC[C@H]2C(C)C(O)C[C@H]3C(C)(C)CCC[C@]23C)c1. The number of benzene rings is 1. The van der Waals surface area contributed by atoms with Gasteiger partial charge in [-0.05, 0) is 66.5 Å². The van der Waals surface area contributed by atoms with Crippen LogP contribution in [0.1, 0.15) is 58.9 Å². The highest BCUT2D eigenvalue weighted by Gasteiger charge is 2.56. The minimum atomic E-state index is -0.230. The lowest BCUT2D eigenvalue weighted by molar-refractivity contribution is -0.148. The van der Waals surface area contributed by atoms with Gasteiger partial charge in [0.05, 0.1) is 19.8 Å². The molecule has 0 amide bonds. The maximum Gasteiger partial charge on any atom is 0.123 e. The van der Waals surface area contributed by atoms with E-state index in [0.29, 0.717) is 23.9 Å². The zero-order chi connectivity index (χ0) is 19.1. The van der Waals surface area contributed by atoms with Crippen LogP contribution in [0, 0.1) is 35.5 Å². The summed E-state index contributed by atoms with van der Waals surface area (Å²) in [6.07, 6.45) is 4.48. The average Bonchev–Trinajstić information content (AvgIpc) is 2.56.